The Morgan fingerprint density at radius 2 is 0.676 bits per heavy atom. The second-order valence-corrected chi connectivity index (χ2v) is 9.04. The summed E-state index contributed by atoms with van der Waals surface area (Å²) in [5.41, 5.74) is 9.69. The van der Waals surface area contributed by atoms with Crippen LogP contribution in [0.2, 0.25) is 0 Å². The number of hydrogen-bond acceptors (Lipinski definition) is 7. The van der Waals surface area contributed by atoms with Crippen molar-refractivity contribution in [1.82, 2.24) is 8.75 Å². The molecule has 0 bridgehead atoms. The van der Waals surface area contributed by atoms with Crippen LogP contribution in [-0.2, 0) is 0 Å². The van der Waals surface area contributed by atoms with E-state index in [4.69, 9.17) is 0 Å². The zero-order chi connectivity index (χ0) is 24.9. The molecule has 6 nitrogen and oxygen atoms in total. The summed E-state index contributed by atoms with van der Waals surface area (Å²) >= 11 is 1.21. The second-order valence-electron chi connectivity index (χ2n) is 8.51. The van der Waals surface area contributed by atoms with E-state index < -0.39 is 0 Å². The van der Waals surface area contributed by atoms with Crippen LogP contribution >= 0.6 is 11.7 Å². The Morgan fingerprint density at radius 1 is 0.351 bits per heavy atom. The minimum Gasteiger partial charge on any atom is -0.356 e. The average molecular weight is 501 g/mol. The third kappa shape index (κ3) is 5.37. The summed E-state index contributed by atoms with van der Waals surface area (Å²) in [5, 5.41) is 13.8. The summed E-state index contributed by atoms with van der Waals surface area (Å²) < 4.78 is 9.06. The van der Waals surface area contributed by atoms with Crippen LogP contribution in [0.3, 0.4) is 0 Å². The van der Waals surface area contributed by atoms with E-state index in [0.29, 0.717) is 0 Å². The van der Waals surface area contributed by atoms with E-state index in [9.17, 15) is 0 Å². The van der Waals surface area contributed by atoms with Gasteiger partial charge in [0, 0.05) is 34.1 Å². The molecular formula is C30H24N6S. The van der Waals surface area contributed by atoms with Crippen molar-refractivity contribution in [2.24, 2.45) is 0 Å². The highest BCUT2D eigenvalue weighted by Crippen LogP contribution is 2.32. The van der Waals surface area contributed by atoms with E-state index >= 15 is 0 Å². The van der Waals surface area contributed by atoms with Gasteiger partial charge < -0.3 is 21.3 Å². The number of anilines is 8. The summed E-state index contributed by atoms with van der Waals surface area (Å²) in [5.74, 6) is 0. The Bertz CT molecular complexity index is 1600. The number of nitrogens with one attached hydrogen (secondary N) is 4. The fraction of sp³-hybridized carbons (Fsp3) is 0. The zero-order valence-corrected chi connectivity index (χ0v) is 20.7. The Kier molecular flexibility index (Phi) is 6.34. The molecule has 0 saturated heterocycles. The molecule has 0 saturated carbocycles. The van der Waals surface area contributed by atoms with E-state index in [1.807, 2.05) is 72.8 Å². The molecule has 37 heavy (non-hydrogen) atoms. The molecular weight excluding hydrogens is 476 g/mol. The summed E-state index contributed by atoms with van der Waals surface area (Å²) in [6.07, 6.45) is 0. The van der Waals surface area contributed by atoms with Crippen molar-refractivity contribution in [3.63, 3.8) is 0 Å². The fourth-order valence-corrected chi connectivity index (χ4v) is 4.60. The molecule has 0 spiro atoms. The van der Waals surface area contributed by atoms with Crippen LogP contribution < -0.4 is 21.3 Å². The Balaban J connectivity index is 1.12. The lowest BCUT2D eigenvalue weighted by Crippen LogP contribution is -1.96. The molecule has 6 aromatic rings. The topological polar surface area (TPSA) is 73.9 Å². The van der Waals surface area contributed by atoms with E-state index in [0.717, 1.165) is 56.5 Å². The number of para-hydroxylation sites is 2. The van der Waals surface area contributed by atoms with Gasteiger partial charge in [0.2, 0.25) is 0 Å². The maximum atomic E-state index is 4.53. The van der Waals surface area contributed by atoms with Gasteiger partial charge in [-0.05, 0) is 84.9 Å². The molecule has 5 aromatic carbocycles. The molecule has 1 aromatic heterocycles. The average Bonchev–Trinajstić information content (AvgIpc) is 3.45. The van der Waals surface area contributed by atoms with Crippen molar-refractivity contribution in [2.45, 2.75) is 0 Å². The minimum atomic E-state index is 0.845. The largest absolute Gasteiger partial charge is 0.356 e. The van der Waals surface area contributed by atoms with Crippen molar-refractivity contribution in [3.8, 4) is 0 Å². The molecule has 0 radical (unpaired) electrons. The molecule has 7 heteroatoms. The lowest BCUT2D eigenvalue weighted by atomic mass is 10.2. The van der Waals surface area contributed by atoms with Crippen molar-refractivity contribution in [3.05, 3.63) is 121 Å². The molecule has 0 aliphatic heterocycles. The third-order valence-electron chi connectivity index (χ3n) is 5.87. The molecule has 0 unspecified atom stereocenters. The minimum absolute atomic E-state index is 0.845. The van der Waals surface area contributed by atoms with Crippen LogP contribution in [0, 0.1) is 0 Å². The maximum Gasteiger partial charge on any atom is 0.130 e. The van der Waals surface area contributed by atoms with Gasteiger partial charge in [-0.25, -0.2) is 0 Å². The monoisotopic (exact) mass is 500 g/mol. The van der Waals surface area contributed by atoms with E-state index in [1.165, 1.54) is 11.7 Å². The molecule has 4 N–H and O–H groups in total. The van der Waals surface area contributed by atoms with Gasteiger partial charge in [-0.15, -0.1) is 0 Å². The van der Waals surface area contributed by atoms with E-state index in [2.05, 4.69) is 78.5 Å². The highest BCUT2D eigenvalue weighted by Gasteiger charge is 2.11. The number of aromatic nitrogens is 2. The first-order valence-corrected chi connectivity index (χ1v) is 12.7. The highest BCUT2D eigenvalue weighted by atomic mass is 32.1. The standard InChI is InChI=1S/C30H24N6S/c1-3-7-21(8-4-1)31-23-11-13-24(14-12-23)32-25-15-17-26(18-16-25)34-28-20-19-27(29-30(28)36-37-35-29)33-22-9-5-2-6-10-22/h1-20,31-34H. The summed E-state index contributed by atoms with van der Waals surface area (Å²) in [6, 6.07) is 40.8. The number of fused-ring (bicyclic) bond motifs is 1. The SMILES string of the molecule is c1ccc(Nc2ccc(Nc3ccc(Nc4ccc(Nc5ccccc5)c5nsnc45)cc3)cc2)cc1. The van der Waals surface area contributed by atoms with Gasteiger partial charge in [-0.1, -0.05) is 36.4 Å². The summed E-state index contributed by atoms with van der Waals surface area (Å²) in [4.78, 5) is 0. The maximum absolute atomic E-state index is 4.53. The first kappa shape index (κ1) is 22.6. The Labute approximate surface area is 219 Å². The van der Waals surface area contributed by atoms with E-state index in [1.54, 1.807) is 0 Å². The van der Waals surface area contributed by atoms with Gasteiger partial charge in [-0.2, -0.15) is 8.75 Å². The summed E-state index contributed by atoms with van der Waals surface area (Å²) in [6.45, 7) is 0. The van der Waals surface area contributed by atoms with Crippen LogP contribution in [-0.4, -0.2) is 8.75 Å². The van der Waals surface area contributed by atoms with Crippen molar-refractivity contribution >= 4 is 68.3 Å². The quantitative estimate of drug-likeness (QED) is 0.168. The van der Waals surface area contributed by atoms with Gasteiger partial charge in [0.25, 0.3) is 0 Å². The molecule has 6 rings (SSSR count). The van der Waals surface area contributed by atoms with Gasteiger partial charge in [0.1, 0.15) is 11.0 Å². The molecule has 180 valence electrons. The second kappa shape index (κ2) is 10.4. The lowest BCUT2D eigenvalue weighted by molar-refractivity contribution is 1.50. The predicted molar refractivity (Wildman–Crippen MR) is 156 cm³/mol. The predicted octanol–water partition coefficient (Wildman–Crippen LogP) is 8.67. The van der Waals surface area contributed by atoms with Gasteiger partial charge in [0.05, 0.1) is 23.1 Å². The first-order valence-electron chi connectivity index (χ1n) is 11.9. The number of nitrogens with zero attached hydrogens (tertiary/aromatic N) is 2. The Hall–Kier alpha value is -4.88. The first-order chi connectivity index (χ1) is 18.3. The van der Waals surface area contributed by atoms with Gasteiger partial charge in [-0.3, -0.25) is 0 Å². The molecule has 0 aliphatic carbocycles. The molecule has 0 atom stereocenters. The van der Waals surface area contributed by atoms with Crippen LogP contribution in [0.4, 0.5) is 45.5 Å². The van der Waals surface area contributed by atoms with Crippen LogP contribution in [0.5, 0.6) is 0 Å². The highest BCUT2D eigenvalue weighted by molar-refractivity contribution is 7.00. The molecule has 0 aliphatic rings. The van der Waals surface area contributed by atoms with Crippen molar-refractivity contribution in [2.75, 3.05) is 21.3 Å². The number of hydrogen-bond donors (Lipinski definition) is 4. The van der Waals surface area contributed by atoms with Crippen molar-refractivity contribution < 1.29 is 0 Å². The third-order valence-corrected chi connectivity index (χ3v) is 6.40. The van der Waals surface area contributed by atoms with Crippen LogP contribution in [0.15, 0.2) is 121 Å². The Morgan fingerprint density at radius 3 is 1.08 bits per heavy atom. The summed E-state index contributed by atoms with van der Waals surface area (Å²) in [7, 11) is 0. The van der Waals surface area contributed by atoms with Crippen LogP contribution in [0.25, 0.3) is 11.0 Å². The number of benzene rings is 5. The van der Waals surface area contributed by atoms with Gasteiger partial charge >= 0.3 is 0 Å². The molecule has 1 heterocycles. The zero-order valence-electron chi connectivity index (χ0n) is 19.8. The smallest absolute Gasteiger partial charge is 0.130 e. The number of rotatable bonds is 8. The lowest BCUT2D eigenvalue weighted by Gasteiger charge is -2.12. The molecule has 0 amide bonds. The van der Waals surface area contributed by atoms with Crippen molar-refractivity contribution in [1.29, 1.82) is 0 Å². The molecule has 0 fully saturated rings. The van der Waals surface area contributed by atoms with Crippen LogP contribution in [0.1, 0.15) is 0 Å². The van der Waals surface area contributed by atoms with Gasteiger partial charge in [0.15, 0.2) is 0 Å². The fourth-order valence-electron chi connectivity index (χ4n) is 4.03. The normalized spacial score (nSPS) is 10.7. The van der Waals surface area contributed by atoms with E-state index in [-0.39, 0.29) is 0 Å².